The van der Waals surface area contributed by atoms with Gasteiger partial charge in [-0.25, -0.2) is 4.39 Å². The van der Waals surface area contributed by atoms with Crippen LogP contribution < -0.4 is 5.32 Å². The number of aromatic amines is 1. The van der Waals surface area contributed by atoms with Gasteiger partial charge in [-0.3, -0.25) is 14.8 Å². The molecule has 3 heterocycles. The van der Waals surface area contributed by atoms with Crippen molar-refractivity contribution in [3.8, 4) is 33.5 Å². The minimum Gasteiger partial charge on any atom is -0.318 e. The fourth-order valence-corrected chi connectivity index (χ4v) is 3.88. The van der Waals surface area contributed by atoms with Crippen LogP contribution in [0.2, 0.25) is 5.02 Å². The van der Waals surface area contributed by atoms with Crippen molar-refractivity contribution in [2.45, 2.75) is 6.54 Å². The third-order valence-electron chi connectivity index (χ3n) is 5.37. The average Bonchev–Trinajstić information content (AvgIpc) is 3.48. The van der Waals surface area contributed by atoms with Gasteiger partial charge in [0, 0.05) is 57.8 Å². The summed E-state index contributed by atoms with van der Waals surface area (Å²) in [6, 6.07) is 12.5. The average molecular weight is 447 g/mol. The fourth-order valence-electron chi connectivity index (χ4n) is 3.71. The zero-order valence-electron chi connectivity index (χ0n) is 17.3. The van der Waals surface area contributed by atoms with Crippen molar-refractivity contribution >= 4 is 22.5 Å². The van der Waals surface area contributed by atoms with Gasteiger partial charge in [0.05, 0.1) is 18.3 Å². The first-order valence-corrected chi connectivity index (χ1v) is 10.6. The molecule has 0 radical (unpaired) electrons. The van der Waals surface area contributed by atoms with E-state index in [9.17, 15) is 4.39 Å². The first kappa shape index (κ1) is 20.4. The van der Waals surface area contributed by atoms with E-state index < -0.39 is 0 Å². The van der Waals surface area contributed by atoms with E-state index in [0.29, 0.717) is 16.3 Å². The van der Waals surface area contributed by atoms with Crippen molar-refractivity contribution < 1.29 is 4.39 Å². The number of nitrogens with zero attached hydrogens (tertiary/aromatic N) is 4. The quantitative estimate of drug-likeness (QED) is 0.377. The SMILES string of the molecule is CNCCn1cc(-c2cnc3ccc(-c4c[nH]nc4-c4cc(Cl)ccc4F)cc3c2)cn1. The van der Waals surface area contributed by atoms with Gasteiger partial charge in [0.2, 0.25) is 0 Å². The largest absolute Gasteiger partial charge is 0.318 e. The van der Waals surface area contributed by atoms with Gasteiger partial charge in [-0.2, -0.15) is 10.2 Å². The Labute approximate surface area is 189 Å². The van der Waals surface area contributed by atoms with Crippen LogP contribution in [-0.2, 0) is 6.54 Å². The fraction of sp³-hybridized carbons (Fsp3) is 0.125. The van der Waals surface area contributed by atoms with Gasteiger partial charge in [0.1, 0.15) is 11.5 Å². The molecule has 0 aliphatic carbocycles. The summed E-state index contributed by atoms with van der Waals surface area (Å²) in [5.74, 6) is -0.372. The molecule has 5 rings (SSSR count). The third-order valence-corrected chi connectivity index (χ3v) is 5.61. The van der Waals surface area contributed by atoms with Crippen molar-refractivity contribution in [2.24, 2.45) is 0 Å². The van der Waals surface area contributed by atoms with Gasteiger partial charge in [0.25, 0.3) is 0 Å². The highest BCUT2D eigenvalue weighted by molar-refractivity contribution is 6.30. The second-order valence-electron chi connectivity index (χ2n) is 7.50. The normalized spacial score (nSPS) is 11.3. The Morgan fingerprint density at radius 1 is 1.03 bits per heavy atom. The molecule has 2 aromatic carbocycles. The molecule has 6 nitrogen and oxygen atoms in total. The molecule has 32 heavy (non-hydrogen) atoms. The van der Waals surface area contributed by atoms with Crippen molar-refractivity contribution in [2.75, 3.05) is 13.6 Å². The van der Waals surface area contributed by atoms with Gasteiger partial charge in [-0.15, -0.1) is 0 Å². The van der Waals surface area contributed by atoms with E-state index in [1.807, 2.05) is 48.5 Å². The smallest absolute Gasteiger partial charge is 0.132 e. The molecular formula is C24H20ClFN6. The molecule has 0 saturated heterocycles. The van der Waals surface area contributed by atoms with E-state index >= 15 is 0 Å². The van der Waals surface area contributed by atoms with E-state index in [0.717, 1.165) is 46.2 Å². The molecule has 2 N–H and O–H groups in total. The Morgan fingerprint density at radius 2 is 1.91 bits per heavy atom. The molecule has 0 aliphatic rings. The molecule has 0 atom stereocenters. The van der Waals surface area contributed by atoms with E-state index in [1.165, 1.54) is 12.1 Å². The first-order chi connectivity index (χ1) is 15.6. The summed E-state index contributed by atoms with van der Waals surface area (Å²) in [5, 5.41) is 16.1. The van der Waals surface area contributed by atoms with E-state index in [2.05, 4.69) is 31.7 Å². The van der Waals surface area contributed by atoms with Gasteiger partial charge in [0.15, 0.2) is 0 Å². The number of likely N-dealkylation sites (N-methyl/N-ethyl adjacent to an activating group) is 1. The molecule has 0 bridgehead atoms. The van der Waals surface area contributed by atoms with Gasteiger partial charge in [-0.1, -0.05) is 17.7 Å². The summed E-state index contributed by atoms with van der Waals surface area (Å²) >= 11 is 6.09. The number of hydrogen-bond donors (Lipinski definition) is 2. The lowest BCUT2D eigenvalue weighted by Crippen LogP contribution is -2.14. The summed E-state index contributed by atoms with van der Waals surface area (Å²) in [7, 11) is 1.92. The number of pyridine rings is 1. The van der Waals surface area contributed by atoms with E-state index in [4.69, 9.17) is 11.6 Å². The van der Waals surface area contributed by atoms with Crippen LogP contribution >= 0.6 is 11.6 Å². The van der Waals surface area contributed by atoms with E-state index in [-0.39, 0.29) is 5.82 Å². The maximum atomic E-state index is 14.5. The second-order valence-corrected chi connectivity index (χ2v) is 7.94. The minimum atomic E-state index is -0.372. The molecule has 0 amide bonds. The van der Waals surface area contributed by atoms with Crippen LogP contribution in [0.15, 0.2) is 67.3 Å². The zero-order chi connectivity index (χ0) is 22.1. The van der Waals surface area contributed by atoms with Gasteiger partial charge in [-0.05, 0) is 49.0 Å². The molecule has 160 valence electrons. The molecule has 8 heteroatoms. The van der Waals surface area contributed by atoms with Crippen molar-refractivity contribution in [1.82, 2.24) is 30.3 Å². The maximum absolute atomic E-state index is 14.5. The van der Waals surface area contributed by atoms with Crippen LogP contribution in [0.4, 0.5) is 4.39 Å². The number of rotatable bonds is 6. The maximum Gasteiger partial charge on any atom is 0.132 e. The van der Waals surface area contributed by atoms with Crippen molar-refractivity contribution in [3.05, 3.63) is 78.1 Å². The Balaban J connectivity index is 1.54. The molecular weight excluding hydrogens is 427 g/mol. The minimum absolute atomic E-state index is 0.356. The Hall–Kier alpha value is -3.55. The topological polar surface area (TPSA) is 71.4 Å². The second kappa shape index (κ2) is 8.53. The van der Waals surface area contributed by atoms with E-state index in [1.54, 1.807) is 12.3 Å². The van der Waals surface area contributed by atoms with Crippen LogP contribution in [-0.4, -0.2) is 38.6 Å². The lowest BCUT2D eigenvalue weighted by molar-refractivity contribution is 0.585. The summed E-state index contributed by atoms with van der Waals surface area (Å²) < 4.78 is 16.4. The van der Waals surface area contributed by atoms with Crippen LogP contribution in [0.3, 0.4) is 0 Å². The summed E-state index contributed by atoms with van der Waals surface area (Å²) in [6.45, 7) is 1.64. The zero-order valence-corrected chi connectivity index (χ0v) is 18.1. The van der Waals surface area contributed by atoms with Gasteiger partial charge < -0.3 is 5.32 Å². The van der Waals surface area contributed by atoms with Crippen LogP contribution in [0.1, 0.15) is 0 Å². The predicted molar refractivity (Wildman–Crippen MR) is 125 cm³/mol. The summed E-state index contributed by atoms with van der Waals surface area (Å²) in [6.07, 6.45) is 7.48. The number of aromatic nitrogens is 5. The molecule has 5 aromatic rings. The molecule has 0 fully saturated rings. The Morgan fingerprint density at radius 3 is 2.78 bits per heavy atom. The molecule has 0 unspecified atom stereocenters. The highest BCUT2D eigenvalue weighted by Crippen LogP contribution is 2.34. The molecule has 0 spiro atoms. The highest BCUT2D eigenvalue weighted by atomic mass is 35.5. The Bertz CT molecular complexity index is 1410. The summed E-state index contributed by atoms with van der Waals surface area (Å²) in [4.78, 5) is 4.61. The van der Waals surface area contributed by atoms with Crippen LogP contribution in [0.25, 0.3) is 44.4 Å². The van der Waals surface area contributed by atoms with Crippen molar-refractivity contribution in [3.63, 3.8) is 0 Å². The van der Waals surface area contributed by atoms with Crippen molar-refractivity contribution in [1.29, 1.82) is 0 Å². The highest BCUT2D eigenvalue weighted by Gasteiger charge is 2.15. The van der Waals surface area contributed by atoms with Gasteiger partial charge >= 0.3 is 0 Å². The number of fused-ring (bicyclic) bond motifs is 1. The van der Waals surface area contributed by atoms with Crippen LogP contribution in [0, 0.1) is 5.82 Å². The molecule has 0 aliphatic heterocycles. The third kappa shape index (κ3) is 3.88. The first-order valence-electron chi connectivity index (χ1n) is 10.2. The molecule has 0 saturated carbocycles. The molecule has 3 aromatic heterocycles. The standard InChI is InChI=1S/C24H20ClFN6/c1-27-6-7-32-14-18(12-30-32)17-9-16-8-15(2-5-23(16)28-11-17)21-13-29-31-24(21)20-10-19(25)3-4-22(20)26/h2-5,8-14,27H,6-7H2,1H3,(H,29,31). The summed E-state index contributed by atoms with van der Waals surface area (Å²) in [5.41, 5.74) is 5.43. The number of halogens is 2. The number of benzene rings is 2. The number of hydrogen-bond acceptors (Lipinski definition) is 4. The monoisotopic (exact) mass is 446 g/mol. The Kier molecular flexibility index (Phi) is 5.43. The lowest BCUT2D eigenvalue weighted by Gasteiger charge is -2.07. The predicted octanol–water partition coefficient (Wildman–Crippen LogP) is 5.17. The number of nitrogens with one attached hydrogen (secondary N) is 2. The number of H-pyrrole nitrogens is 1. The lowest BCUT2D eigenvalue weighted by atomic mass is 9.99. The van der Waals surface area contributed by atoms with Crippen LogP contribution in [0.5, 0.6) is 0 Å².